The number of rotatable bonds is 9. The molecule has 2 aromatic rings. The topological polar surface area (TPSA) is 76.1 Å². The normalized spacial score (nSPS) is 18.2. The van der Waals surface area contributed by atoms with Crippen LogP contribution < -0.4 is 4.74 Å². The number of carbonyl (C=O) groups is 2. The third-order valence-corrected chi connectivity index (χ3v) is 6.05. The molecule has 1 fully saturated rings. The summed E-state index contributed by atoms with van der Waals surface area (Å²) in [5.41, 5.74) is 1.47. The fraction of sp³-hybridized carbons (Fsp3) is 0.417. The Hall–Kier alpha value is -2.64. The number of ketones is 1. The smallest absolute Gasteiger partial charge is 0.295 e. The van der Waals surface area contributed by atoms with Crippen molar-refractivity contribution in [3.63, 3.8) is 0 Å². The highest BCUT2D eigenvalue weighted by molar-refractivity contribution is 7.10. The fourth-order valence-electron chi connectivity index (χ4n) is 3.60. The summed E-state index contributed by atoms with van der Waals surface area (Å²) in [6, 6.07) is 8.46. The van der Waals surface area contributed by atoms with E-state index < -0.39 is 17.7 Å². The molecule has 31 heavy (non-hydrogen) atoms. The van der Waals surface area contributed by atoms with Crippen molar-refractivity contribution in [2.24, 2.45) is 5.92 Å². The van der Waals surface area contributed by atoms with Crippen LogP contribution in [0.2, 0.25) is 0 Å². The first kappa shape index (κ1) is 23.0. The molecule has 2 heterocycles. The summed E-state index contributed by atoms with van der Waals surface area (Å²) in [5, 5.41) is 13.0. The van der Waals surface area contributed by atoms with Crippen molar-refractivity contribution >= 4 is 28.8 Å². The van der Waals surface area contributed by atoms with E-state index in [4.69, 9.17) is 9.47 Å². The number of carbonyl (C=O) groups excluding carboxylic acids is 2. The fourth-order valence-corrected chi connectivity index (χ4v) is 4.45. The van der Waals surface area contributed by atoms with E-state index in [1.807, 2.05) is 24.4 Å². The highest BCUT2D eigenvalue weighted by Crippen LogP contribution is 2.41. The number of nitrogens with zero attached hydrogens (tertiary/aromatic N) is 1. The maximum Gasteiger partial charge on any atom is 0.295 e. The summed E-state index contributed by atoms with van der Waals surface area (Å²) >= 11 is 1.46. The Balaban J connectivity index is 2.00. The van der Waals surface area contributed by atoms with E-state index in [-0.39, 0.29) is 11.3 Å². The molecule has 0 radical (unpaired) electrons. The zero-order valence-electron chi connectivity index (χ0n) is 18.4. The molecule has 0 unspecified atom stereocenters. The lowest BCUT2D eigenvalue weighted by Crippen LogP contribution is -2.31. The summed E-state index contributed by atoms with van der Waals surface area (Å²) in [5.74, 6) is -0.285. The van der Waals surface area contributed by atoms with Crippen LogP contribution in [0.4, 0.5) is 0 Å². The van der Waals surface area contributed by atoms with E-state index in [1.54, 1.807) is 25.3 Å². The number of hydrogen-bond acceptors (Lipinski definition) is 6. The van der Waals surface area contributed by atoms with E-state index in [9.17, 15) is 14.7 Å². The van der Waals surface area contributed by atoms with Gasteiger partial charge in [-0.25, -0.2) is 0 Å². The third kappa shape index (κ3) is 4.99. The number of amides is 1. The van der Waals surface area contributed by atoms with Crippen LogP contribution in [-0.4, -0.2) is 48.6 Å². The quantitative estimate of drug-likeness (QED) is 0.266. The number of aliphatic hydroxyl groups excluding tert-OH is 1. The summed E-state index contributed by atoms with van der Waals surface area (Å²) in [7, 11) is 1.60. The predicted molar refractivity (Wildman–Crippen MR) is 121 cm³/mol. The number of benzene rings is 1. The molecule has 1 aromatic heterocycles. The Bertz CT molecular complexity index is 964. The van der Waals surface area contributed by atoms with Gasteiger partial charge in [-0.15, -0.1) is 11.3 Å². The Morgan fingerprint density at radius 1 is 1.26 bits per heavy atom. The van der Waals surface area contributed by atoms with Crippen LogP contribution in [0.25, 0.3) is 5.76 Å². The highest BCUT2D eigenvalue weighted by atomic mass is 32.1. The predicted octanol–water partition coefficient (Wildman–Crippen LogP) is 4.55. The van der Waals surface area contributed by atoms with Crippen molar-refractivity contribution in [2.45, 2.75) is 33.2 Å². The lowest BCUT2D eigenvalue weighted by Gasteiger charge is -2.24. The van der Waals surface area contributed by atoms with E-state index in [1.165, 1.54) is 16.2 Å². The second-order valence-corrected chi connectivity index (χ2v) is 9.02. The molecule has 166 valence electrons. The number of likely N-dealkylation sites (tertiary alicyclic amines) is 1. The first-order chi connectivity index (χ1) is 14.8. The summed E-state index contributed by atoms with van der Waals surface area (Å²) in [4.78, 5) is 28.1. The van der Waals surface area contributed by atoms with Crippen LogP contribution in [0.1, 0.15) is 42.3 Å². The van der Waals surface area contributed by atoms with Gasteiger partial charge in [-0.2, -0.15) is 0 Å². The maximum absolute atomic E-state index is 12.9. The molecule has 1 amide bonds. The van der Waals surface area contributed by atoms with Gasteiger partial charge in [0.05, 0.1) is 18.2 Å². The average molecular weight is 444 g/mol. The molecule has 0 spiro atoms. The molecule has 0 saturated carbocycles. The van der Waals surface area contributed by atoms with Gasteiger partial charge in [-0.3, -0.25) is 9.59 Å². The molecular weight excluding hydrogens is 414 g/mol. The molecule has 1 aliphatic heterocycles. The molecule has 3 rings (SSSR count). The lowest BCUT2D eigenvalue weighted by molar-refractivity contribution is -0.140. The minimum absolute atomic E-state index is 0.125. The van der Waals surface area contributed by atoms with Gasteiger partial charge in [0.25, 0.3) is 11.7 Å². The molecule has 1 aliphatic rings. The standard InChI is InChI=1S/C24H29NO5S/c1-15(2)14-30-18-9-8-17(13-16(18)3)22(26)20-21(19-7-5-12-31-19)25(10-6-11-29-4)24(28)23(20)27/h5,7-9,12-13,15,21,26H,6,10-11,14H2,1-4H3/t21-/m1/s1. The molecule has 1 N–H and O–H groups in total. The minimum atomic E-state index is -0.661. The number of hydrogen-bond donors (Lipinski definition) is 1. The second kappa shape index (κ2) is 10.1. The largest absolute Gasteiger partial charge is 0.507 e. The van der Waals surface area contributed by atoms with Gasteiger partial charge < -0.3 is 19.5 Å². The number of methoxy groups -OCH3 is 1. The number of aryl methyl sites for hydroxylation is 1. The molecule has 1 saturated heterocycles. The van der Waals surface area contributed by atoms with Crippen LogP contribution in [0, 0.1) is 12.8 Å². The molecule has 1 atom stereocenters. The van der Waals surface area contributed by atoms with Crippen LogP contribution >= 0.6 is 11.3 Å². The number of thiophene rings is 1. The summed E-state index contributed by atoms with van der Waals surface area (Å²) < 4.78 is 10.9. The highest BCUT2D eigenvalue weighted by Gasteiger charge is 2.46. The van der Waals surface area contributed by atoms with Gasteiger partial charge in [0, 0.05) is 30.7 Å². The molecule has 0 aliphatic carbocycles. The molecule has 1 aromatic carbocycles. The van der Waals surface area contributed by atoms with E-state index in [0.29, 0.717) is 37.7 Å². The van der Waals surface area contributed by atoms with Crippen LogP contribution in [0.3, 0.4) is 0 Å². The number of Topliss-reactive ketones (excluding diaryl/α,β-unsaturated/α-hetero) is 1. The summed E-state index contributed by atoms with van der Waals surface area (Å²) in [6.07, 6.45) is 0.604. The van der Waals surface area contributed by atoms with E-state index in [0.717, 1.165) is 16.2 Å². The summed E-state index contributed by atoms with van der Waals surface area (Å²) in [6.45, 7) is 7.50. The zero-order chi connectivity index (χ0) is 22.5. The van der Waals surface area contributed by atoms with Gasteiger partial charge >= 0.3 is 0 Å². The van der Waals surface area contributed by atoms with Gasteiger partial charge in [0.15, 0.2) is 0 Å². The van der Waals surface area contributed by atoms with Crippen molar-refractivity contribution in [1.29, 1.82) is 0 Å². The van der Waals surface area contributed by atoms with Gasteiger partial charge in [-0.05, 0) is 54.5 Å². The average Bonchev–Trinajstić information content (AvgIpc) is 3.35. The van der Waals surface area contributed by atoms with Gasteiger partial charge in [0.2, 0.25) is 0 Å². The van der Waals surface area contributed by atoms with Crippen LogP contribution in [0.15, 0.2) is 41.3 Å². The van der Waals surface area contributed by atoms with Crippen molar-refractivity contribution in [2.75, 3.05) is 26.9 Å². The molecule has 6 nitrogen and oxygen atoms in total. The van der Waals surface area contributed by atoms with Gasteiger partial charge in [-0.1, -0.05) is 19.9 Å². The van der Waals surface area contributed by atoms with E-state index >= 15 is 0 Å². The monoisotopic (exact) mass is 443 g/mol. The minimum Gasteiger partial charge on any atom is -0.507 e. The molecule has 7 heteroatoms. The Morgan fingerprint density at radius 3 is 2.65 bits per heavy atom. The maximum atomic E-state index is 12.9. The van der Waals surface area contributed by atoms with Crippen molar-refractivity contribution in [3.05, 3.63) is 57.3 Å². The molecule has 0 bridgehead atoms. The van der Waals surface area contributed by atoms with Crippen LogP contribution in [0.5, 0.6) is 5.75 Å². The van der Waals surface area contributed by atoms with Crippen molar-refractivity contribution in [3.8, 4) is 5.75 Å². The van der Waals surface area contributed by atoms with E-state index in [2.05, 4.69) is 13.8 Å². The van der Waals surface area contributed by atoms with Crippen molar-refractivity contribution < 1.29 is 24.2 Å². The number of ether oxygens (including phenoxy) is 2. The number of aliphatic hydroxyl groups is 1. The van der Waals surface area contributed by atoms with Crippen LogP contribution in [-0.2, 0) is 14.3 Å². The Kier molecular flexibility index (Phi) is 7.51. The Morgan fingerprint density at radius 2 is 2.03 bits per heavy atom. The zero-order valence-corrected chi connectivity index (χ0v) is 19.2. The SMILES string of the molecule is COCCCN1C(=O)C(=O)C(=C(O)c2ccc(OCC(C)C)c(C)c2)[C@H]1c1cccs1. The first-order valence-corrected chi connectivity index (χ1v) is 11.3. The first-order valence-electron chi connectivity index (χ1n) is 10.4. The van der Waals surface area contributed by atoms with Crippen molar-refractivity contribution in [1.82, 2.24) is 4.90 Å². The van der Waals surface area contributed by atoms with Gasteiger partial charge in [0.1, 0.15) is 11.5 Å². The Labute approximate surface area is 187 Å². The second-order valence-electron chi connectivity index (χ2n) is 8.04. The lowest BCUT2D eigenvalue weighted by atomic mass is 9.98. The molecular formula is C24H29NO5S. The third-order valence-electron chi connectivity index (χ3n) is 5.12.